The van der Waals surface area contributed by atoms with Crippen LogP contribution < -0.4 is 11.1 Å². The fraction of sp³-hybridized carbons (Fsp3) is 0.500. The summed E-state index contributed by atoms with van der Waals surface area (Å²) in [6.45, 7) is 2.20. The average Bonchev–Trinajstić information content (AvgIpc) is 3.12. The van der Waals surface area contributed by atoms with Crippen LogP contribution in [-0.2, 0) is 0 Å². The largest absolute Gasteiger partial charge is 0.398 e. The molecule has 0 amide bonds. The van der Waals surface area contributed by atoms with E-state index < -0.39 is 0 Å². The van der Waals surface area contributed by atoms with Crippen molar-refractivity contribution < 1.29 is 0 Å². The highest BCUT2D eigenvalue weighted by atomic mass is 14.9. The minimum Gasteiger partial charge on any atom is -0.398 e. The summed E-state index contributed by atoms with van der Waals surface area (Å²) < 4.78 is 0. The molecule has 0 aliphatic heterocycles. The van der Waals surface area contributed by atoms with Gasteiger partial charge in [0.05, 0.1) is 11.3 Å². The van der Waals surface area contributed by atoms with Crippen molar-refractivity contribution in [2.45, 2.75) is 38.6 Å². The molecule has 0 aromatic heterocycles. The molecule has 2 rings (SSSR count). The van der Waals surface area contributed by atoms with Gasteiger partial charge in [0.25, 0.3) is 0 Å². The van der Waals surface area contributed by atoms with Crippen LogP contribution in [0.5, 0.6) is 0 Å². The first-order valence-electron chi connectivity index (χ1n) is 6.29. The van der Waals surface area contributed by atoms with E-state index >= 15 is 0 Å². The molecule has 3 heteroatoms. The zero-order valence-corrected chi connectivity index (χ0v) is 10.2. The monoisotopic (exact) mass is 229 g/mol. The highest BCUT2D eigenvalue weighted by Gasteiger charge is 2.24. The van der Waals surface area contributed by atoms with Crippen molar-refractivity contribution in [2.75, 3.05) is 11.1 Å². The summed E-state index contributed by atoms with van der Waals surface area (Å²) in [6.07, 6.45) is 5.13. The summed E-state index contributed by atoms with van der Waals surface area (Å²) in [5, 5.41) is 12.3. The quantitative estimate of drug-likeness (QED) is 0.762. The summed E-state index contributed by atoms with van der Waals surface area (Å²) in [4.78, 5) is 0. The van der Waals surface area contributed by atoms with Crippen molar-refractivity contribution >= 4 is 11.4 Å². The van der Waals surface area contributed by atoms with Gasteiger partial charge in [0.1, 0.15) is 6.07 Å². The van der Waals surface area contributed by atoms with Crippen LogP contribution in [0.15, 0.2) is 18.2 Å². The normalized spacial score (nSPS) is 16.2. The fourth-order valence-electron chi connectivity index (χ4n) is 2.07. The van der Waals surface area contributed by atoms with E-state index in [-0.39, 0.29) is 0 Å². The van der Waals surface area contributed by atoms with Crippen molar-refractivity contribution in [1.29, 1.82) is 5.26 Å². The van der Waals surface area contributed by atoms with Crippen LogP contribution in [0, 0.1) is 17.2 Å². The van der Waals surface area contributed by atoms with E-state index in [2.05, 4.69) is 18.3 Å². The molecule has 1 fully saturated rings. The molecular weight excluding hydrogens is 210 g/mol. The highest BCUT2D eigenvalue weighted by molar-refractivity contribution is 5.62. The molecule has 0 heterocycles. The molecule has 3 nitrogen and oxygen atoms in total. The van der Waals surface area contributed by atoms with Crippen LogP contribution in [0.4, 0.5) is 11.4 Å². The third-order valence-corrected chi connectivity index (χ3v) is 3.35. The standard InChI is InChI=1S/C14H19N3/c1-2-12(7-10-3-4-10)17-13-6-5-11(9-15)14(16)8-13/h5-6,8,10,12,17H,2-4,7,16H2,1H3. The van der Waals surface area contributed by atoms with Crippen LogP contribution in [0.1, 0.15) is 38.2 Å². The number of benzene rings is 1. The summed E-state index contributed by atoms with van der Waals surface area (Å²) in [6, 6.07) is 8.17. The summed E-state index contributed by atoms with van der Waals surface area (Å²) in [5.74, 6) is 0.920. The Hall–Kier alpha value is -1.69. The Kier molecular flexibility index (Phi) is 3.53. The van der Waals surface area contributed by atoms with E-state index in [0.29, 0.717) is 17.3 Å². The molecule has 1 aliphatic rings. The molecule has 1 saturated carbocycles. The van der Waals surface area contributed by atoms with Crippen LogP contribution in [0.3, 0.4) is 0 Å². The minimum atomic E-state index is 0.523. The van der Waals surface area contributed by atoms with Crippen molar-refractivity contribution in [3.63, 3.8) is 0 Å². The van der Waals surface area contributed by atoms with Crippen molar-refractivity contribution in [2.24, 2.45) is 5.92 Å². The third-order valence-electron chi connectivity index (χ3n) is 3.35. The molecule has 0 saturated heterocycles. The lowest BCUT2D eigenvalue weighted by molar-refractivity contribution is 0.587. The van der Waals surface area contributed by atoms with E-state index in [4.69, 9.17) is 11.0 Å². The highest BCUT2D eigenvalue weighted by Crippen LogP contribution is 2.35. The van der Waals surface area contributed by atoms with Gasteiger partial charge in [-0.05, 0) is 37.0 Å². The van der Waals surface area contributed by atoms with Gasteiger partial charge in [0.15, 0.2) is 0 Å². The Balaban J connectivity index is 2.01. The topological polar surface area (TPSA) is 61.8 Å². The number of nitrogen functional groups attached to an aromatic ring is 1. The maximum atomic E-state index is 8.81. The number of nitrogens with zero attached hydrogens (tertiary/aromatic N) is 1. The summed E-state index contributed by atoms with van der Waals surface area (Å²) >= 11 is 0. The Morgan fingerprint density at radius 1 is 1.53 bits per heavy atom. The Morgan fingerprint density at radius 3 is 2.82 bits per heavy atom. The molecular formula is C14H19N3. The van der Waals surface area contributed by atoms with Gasteiger partial charge in [-0.15, -0.1) is 0 Å². The van der Waals surface area contributed by atoms with E-state index in [1.807, 2.05) is 12.1 Å². The van der Waals surface area contributed by atoms with Crippen molar-refractivity contribution in [3.8, 4) is 6.07 Å². The van der Waals surface area contributed by atoms with Crippen LogP contribution in [-0.4, -0.2) is 6.04 Å². The zero-order valence-electron chi connectivity index (χ0n) is 10.2. The van der Waals surface area contributed by atoms with E-state index in [0.717, 1.165) is 18.0 Å². The molecule has 0 spiro atoms. The lowest BCUT2D eigenvalue weighted by Gasteiger charge is -2.18. The molecule has 0 bridgehead atoms. The second-order valence-corrected chi connectivity index (χ2v) is 4.84. The summed E-state index contributed by atoms with van der Waals surface area (Å²) in [5.41, 5.74) is 7.92. The van der Waals surface area contributed by atoms with Crippen molar-refractivity contribution in [1.82, 2.24) is 0 Å². The van der Waals surface area contributed by atoms with Crippen LogP contribution in [0.2, 0.25) is 0 Å². The van der Waals surface area contributed by atoms with Gasteiger partial charge in [-0.3, -0.25) is 0 Å². The summed E-state index contributed by atoms with van der Waals surface area (Å²) in [7, 11) is 0. The second kappa shape index (κ2) is 5.09. The lowest BCUT2D eigenvalue weighted by atomic mass is 10.1. The van der Waals surface area contributed by atoms with E-state index in [1.165, 1.54) is 19.3 Å². The predicted molar refractivity (Wildman–Crippen MR) is 70.6 cm³/mol. The van der Waals surface area contributed by atoms with Gasteiger partial charge in [-0.2, -0.15) is 5.26 Å². The van der Waals surface area contributed by atoms with Gasteiger partial charge in [0, 0.05) is 11.7 Å². The molecule has 1 atom stereocenters. The van der Waals surface area contributed by atoms with Gasteiger partial charge in [-0.25, -0.2) is 0 Å². The fourth-order valence-corrected chi connectivity index (χ4v) is 2.07. The number of nitrogens with one attached hydrogen (secondary N) is 1. The molecule has 1 aromatic rings. The number of anilines is 2. The molecule has 90 valence electrons. The average molecular weight is 229 g/mol. The predicted octanol–water partition coefficient (Wildman–Crippen LogP) is 3.13. The Bertz CT molecular complexity index is 430. The third kappa shape index (κ3) is 3.13. The molecule has 3 N–H and O–H groups in total. The first-order valence-corrected chi connectivity index (χ1v) is 6.29. The number of rotatable bonds is 5. The van der Waals surface area contributed by atoms with Gasteiger partial charge >= 0.3 is 0 Å². The zero-order chi connectivity index (χ0) is 12.3. The van der Waals surface area contributed by atoms with Crippen molar-refractivity contribution in [3.05, 3.63) is 23.8 Å². The SMILES string of the molecule is CCC(CC1CC1)Nc1ccc(C#N)c(N)c1. The number of hydrogen-bond donors (Lipinski definition) is 2. The van der Waals surface area contributed by atoms with Crippen LogP contribution in [0.25, 0.3) is 0 Å². The maximum absolute atomic E-state index is 8.81. The molecule has 1 unspecified atom stereocenters. The second-order valence-electron chi connectivity index (χ2n) is 4.84. The van der Waals surface area contributed by atoms with Gasteiger partial charge < -0.3 is 11.1 Å². The smallest absolute Gasteiger partial charge is 0.101 e. The molecule has 17 heavy (non-hydrogen) atoms. The molecule has 1 aromatic carbocycles. The maximum Gasteiger partial charge on any atom is 0.101 e. The van der Waals surface area contributed by atoms with Gasteiger partial charge in [0.2, 0.25) is 0 Å². The minimum absolute atomic E-state index is 0.523. The van der Waals surface area contributed by atoms with E-state index in [1.54, 1.807) is 6.07 Å². The number of nitriles is 1. The first kappa shape index (κ1) is 11.8. The number of hydrogen-bond acceptors (Lipinski definition) is 3. The van der Waals surface area contributed by atoms with Crippen LogP contribution >= 0.6 is 0 Å². The number of nitrogens with two attached hydrogens (primary N) is 1. The Labute approximate surface area is 103 Å². The first-order chi connectivity index (χ1) is 8.22. The molecule has 1 aliphatic carbocycles. The molecule has 0 radical (unpaired) electrons. The Morgan fingerprint density at radius 2 is 2.29 bits per heavy atom. The lowest BCUT2D eigenvalue weighted by Crippen LogP contribution is -2.19. The van der Waals surface area contributed by atoms with Gasteiger partial charge in [-0.1, -0.05) is 19.8 Å². The van der Waals surface area contributed by atoms with E-state index in [9.17, 15) is 0 Å².